The van der Waals surface area contributed by atoms with E-state index >= 15 is 0 Å². The van der Waals surface area contributed by atoms with E-state index in [0.29, 0.717) is 11.7 Å². The summed E-state index contributed by atoms with van der Waals surface area (Å²) in [6.07, 6.45) is 1.24. The Morgan fingerprint density at radius 2 is 2.05 bits per heavy atom. The van der Waals surface area contributed by atoms with E-state index in [-0.39, 0.29) is 30.7 Å². The zero-order chi connectivity index (χ0) is 12.4. The summed E-state index contributed by atoms with van der Waals surface area (Å²) in [5.74, 6) is 0.0837. The van der Waals surface area contributed by atoms with Crippen LogP contribution in [0.15, 0.2) is 10.9 Å². The number of hydrogen-bond acceptors (Lipinski definition) is 5. The van der Waals surface area contributed by atoms with E-state index in [2.05, 4.69) is 15.2 Å². The molecule has 1 N–H and O–H groups in total. The Hall–Kier alpha value is -0.400. The number of rotatable bonds is 2. The van der Waals surface area contributed by atoms with Crippen LogP contribution in [0.25, 0.3) is 0 Å². The lowest BCUT2D eigenvalue weighted by Crippen LogP contribution is -2.52. The van der Waals surface area contributed by atoms with Crippen LogP contribution in [0.1, 0.15) is 16.9 Å². The molecule has 0 spiro atoms. The summed E-state index contributed by atoms with van der Waals surface area (Å²) in [4.78, 5) is 20.6. The third-order valence-electron chi connectivity index (χ3n) is 3.80. The summed E-state index contributed by atoms with van der Waals surface area (Å²) < 4.78 is 0. The highest BCUT2D eigenvalue weighted by molar-refractivity contribution is 7.07. The lowest BCUT2D eigenvalue weighted by Gasteiger charge is -2.37. The van der Waals surface area contributed by atoms with E-state index in [9.17, 15) is 4.79 Å². The van der Waals surface area contributed by atoms with Crippen LogP contribution in [0.4, 0.5) is 0 Å². The fourth-order valence-corrected chi connectivity index (χ4v) is 3.25. The molecule has 1 amide bonds. The highest BCUT2D eigenvalue weighted by atomic mass is 35.5. The van der Waals surface area contributed by atoms with Gasteiger partial charge in [-0.3, -0.25) is 9.69 Å². The molecule has 0 radical (unpaired) electrons. The van der Waals surface area contributed by atoms with Gasteiger partial charge in [0.2, 0.25) is 0 Å². The Balaban J connectivity index is 0.000001000. The Labute approximate surface area is 135 Å². The highest BCUT2D eigenvalue weighted by Crippen LogP contribution is 2.14. The van der Waals surface area contributed by atoms with Gasteiger partial charge in [0, 0.05) is 44.1 Å². The normalized spacial score (nSPS) is 23.0. The first-order valence-electron chi connectivity index (χ1n) is 6.47. The Bertz CT molecular complexity index is 404. The second kappa shape index (κ2) is 8.14. The summed E-state index contributed by atoms with van der Waals surface area (Å²) in [6, 6.07) is 0.668. The Morgan fingerprint density at radius 3 is 2.60 bits per heavy atom. The predicted molar refractivity (Wildman–Crippen MR) is 85.4 cm³/mol. The van der Waals surface area contributed by atoms with Crippen LogP contribution in [0.3, 0.4) is 0 Å². The molecule has 1 aromatic heterocycles. The second-order valence-electron chi connectivity index (χ2n) is 4.85. The highest BCUT2D eigenvalue weighted by Gasteiger charge is 2.28. The van der Waals surface area contributed by atoms with E-state index in [1.54, 1.807) is 5.51 Å². The van der Waals surface area contributed by atoms with Crippen LogP contribution in [0, 0.1) is 0 Å². The predicted octanol–water partition coefficient (Wildman–Crippen LogP) is 1.11. The number of piperazine rings is 1. The topological polar surface area (TPSA) is 48.5 Å². The van der Waals surface area contributed by atoms with Gasteiger partial charge in [-0.25, -0.2) is 4.98 Å². The van der Waals surface area contributed by atoms with E-state index in [1.165, 1.54) is 17.8 Å². The minimum absolute atomic E-state index is 0. The van der Waals surface area contributed by atoms with Crippen molar-refractivity contribution >= 4 is 42.1 Å². The molecule has 114 valence electrons. The molecule has 5 nitrogen and oxygen atoms in total. The van der Waals surface area contributed by atoms with E-state index in [0.717, 1.165) is 39.3 Å². The van der Waals surface area contributed by atoms with E-state index in [1.807, 2.05) is 10.3 Å². The molecular formula is C12H20Cl2N4OS. The van der Waals surface area contributed by atoms with Gasteiger partial charge in [0.25, 0.3) is 5.91 Å². The van der Waals surface area contributed by atoms with Gasteiger partial charge in [-0.05, 0) is 13.0 Å². The molecule has 2 saturated heterocycles. The van der Waals surface area contributed by atoms with Crippen molar-refractivity contribution in [3.63, 3.8) is 0 Å². The smallest absolute Gasteiger partial charge is 0.273 e. The van der Waals surface area contributed by atoms with E-state index in [4.69, 9.17) is 0 Å². The van der Waals surface area contributed by atoms with Crippen molar-refractivity contribution in [3.05, 3.63) is 16.6 Å². The maximum Gasteiger partial charge on any atom is 0.273 e. The molecule has 2 aliphatic heterocycles. The fourth-order valence-electron chi connectivity index (χ4n) is 2.72. The van der Waals surface area contributed by atoms with Crippen molar-refractivity contribution in [2.75, 3.05) is 39.3 Å². The average molecular weight is 339 g/mol. The molecule has 3 heterocycles. The lowest BCUT2D eigenvalue weighted by molar-refractivity contribution is 0.0579. The van der Waals surface area contributed by atoms with Crippen molar-refractivity contribution in [2.24, 2.45) is 0 Å². The number of thiazole rings is 1. The molecule has 0 saturated carbocycles. The third-order valence-corrected chi connectivity index (χ3v) is 4.39. The minimum Gasteiger partial charge on any atom is -0.335 e. The molecular weight excluding hydrogens is 319 g/mol. The van der Waals surface area contributed by atoms with E-state index < -0.39 is 0 Å². The molecule has 0 aliphatic carbocycles. The fraction of sp³-hybridized carbons (Fsp3) is 0.667. The van der Waals surface area contributed by atoms with Gasteiger partial charge in [-0.1, -0.05) is 0 Å². The minimum atomic E-state index is 0. The standard InChI is InChI=1S/C12H18N4OS.2ClH/c17-12(11-8-18-9-14-11)16-5-3-15(4-6-16)10-1-2-13-7-10;;/h8-10,13H,1-7H2;2*1H. The number of carbonyl (C=O) groups is 1. The first-order chi connectivity index (χ1) is 8.84. The SMILES string of the molecule is Cl.Cl.O=C(c1cscn1)N1CCN(C2CCNC2)CC1. The summed E-state index contributed by atoms with van der Waals surface area (Å²) in [7, 11) is 0. The van der Waals surface area contributed by atoms with Crippen molar-refractivity contribution in [2.45, 2.75) is 12.5 Å². The molecule has 0 bridgehead atoms. The zero-order valence-corrected chi connectivity index (χ0v) is 13.6. The van der Waals surface area contributed by atoms with Gasteiger partial charge in [-0.15, -0.1) is 36.2 Å². The maximum atomic E-state index is 12.1. The van der Waals surface area contributed by atoms with Crippen LogP contribution in [0.2, 0.25) is 0 Å². The Kier molecular flexibility index (Phi) is 7.19. The maximum absolute atomic E-state index is 12.1. The van der Waals surface area contributed by atoms with Crippen molar-refractivity contribution in [1.82, 2.24) is 20.1 Å². The van der Waals surface area contributed by atoms with Gasteiger partial charge < -0.3 is 10.2 Å². The number of carbonyl (C=O) groups excluding carboxylic acids is 1. The van der Waals surface area contributed by atoms with Crippen LogP contribution >= 0.6 is 36.2 Å². The second-order valence-corrected chi connectivity index (χ2v) is 5.57. The van der Waals surface area contributed by atoms with Gasteiger partial charge >= 0.3 is 0 Å². The number of halogens is 2. The summed E-state index contributed by atoms with van der Waals surface area (Å²) in [5.41, 5.74) is 2.31. The van der Waals surface area contributed by atoms with Crippen molar-refractivity contribution in [1.29, 1.82) is 0 Å². The van der Waals surface area contributed by atoms with Crippen LogP contribution < -0.4 is 5.32 Å². The molecule has 1 atom stereocenters. The first kappa shape index (κ1) is 17.7. The monoisotopic (exact) mass is 338 g/mol. The number of nitrogens with zero attached hydrogens (tertiary/aromatic N) is 3. The van der Waals surface area contributed by atoms with Crippen molar-refractivity contribution < 1.29 is 4.79 Å². The molecule has 1 aromatic rings. The molecule has 20 heavy (non-hydrogen) atoms. The lowest BCUT2D eigenvalue weighted by atomic mass is 10.2. The molecule has 3 rings (SSSR count). The van der Waals surface area contributed by atoms with Gasteiger partial charge in [-0.2, -0.15) is 0 Å². The van der Waals surface area contributed by atoms with Crippen molar-refractivity contribution in [3.8, 4) is 0 Å². The van der Waals surface area contributed by atoms with Crippen LogP contribution in [0.5, 0.6) is 0 Å². The average Bonchev–Trinajstić information content (AvgIpc) is 3.11. The Morgan fingerprint density at radius 1 is 1.30 bits per heavy atom. The summed E-state index contributed by atoms with van der Waals surface area (Å²) in [6.45, 7) is 5.85. The number of hydrogen-bond donors (Lipinski definition) is 1. The van der Waals surface area contributed by atoms with Crippen LogP contribution in [-0.4, -0.2) is 66.0 Å². The van der Waals surface area contributed by atoms with Gasteiger partial charge in [0.15, 0.2) is 0 Å². The molecule has 8 heteroatoms. The largest absolute Gasteiger partial charge is 0.335 e. The molecule has 0 aromatic carbocycles. The van der Waals surface area contributed by atoms with Crippen LogP contribution in [-0.2, 0) is 0 Å². The summed E-state index contributed by atoms with van der Waals surface area (Å²) in [5, 5.41) is 5.22. The number of aromatic nitrogens is 1. The zero-order valence-electron chi connectivity index (χ0n) is 11.2. The molecule has 2 aliphatic rings. The number of nitrogens with one attached hydrogen (secondary N) is 1. The van der Waals surface area contributed by atoms with Gasteiger partial charge in [0.1, 0.15) is 5.69 Å². The summed E-state index contributed by atoms with van der Waals surface area (Å²) >= 11 is 1.48. The molecule has 1 unspecified atom stereocenters. The quantitative estimate of drug-likeness (QED) is 0.877. The molecule has 2 fully saturated rings. The third kappa shape index (κ3) is 3.83. The first-order valence-corrected chi connectivity index (χ1v) is 7.41. The van der Waals surface area contributed by atoms with Gasteiger partial charge in [0.05, 0.1) is 5.51 Å². The number of amides is 1.